The van der Waals surface area contributed by atoms with E-state index in [0.717, 1.165) is 12.1 Å². The number of non-ortho nitro benzene ring substituents is 1. The fraction of sp³-hybridized carbons (Fsp3) is 0.0952. The first-order chi connectivity index (χ1) is 15.1. The highest BCUT2D eigenvalue weighted by atomic mass is 35.5. The van der Waals surface area contributed by atoms with Gasteiger partial charge in [-0.25, -0.2) is 8.42 Å². The van der Waals surface area contributed by atoms with Crippen LogP contribution < -0.4 is 9.62 Å². The first-order valence-corrected chi connectivity index (χ1v) is 11.5. The van der Waals surface area contributed by atoms with E-state index >= 15 is 0 Å². The molecule has 32 heavy (non-hydrogen) atoms. The standard InChI is InChI=1S/C21H17Cl2N3O5S/c1-2-25(15-6-4-3-5-7-15)32(30,31)20-12-14(8-11-18(20)22)24-21(27)17-10-9-16(26(28)29)13-19(17)23/h3-13H,2H2,1H3,(H,24,27). The molecule has 0 atom stereocenters. The van der Waals surface area contributed by atoms with Crippen LogP contribution >= 0.6 is 23.2 Å². The minimum Gasteiger partial charge on any atom is -0.322 e. The Hall–Kier alpha value is -3.14. The highest BCUT2D eigenvalue weighted by Gasteiger charge is 2.27. The molecule has 0 aromatic heterocycles. The lowest BCUT2D eigenvalue weighted by Crippen LogP contribution is -2.31. The van der Waals surface area contributed by atoms with Gasteiger partial charge in [0, 0.05) is 24.4 Å². The first kappa shape index (κ1) is 23.5. The predicted molar refractivity (Wildman–Crippen MR) is 124 cm³/mol. The number of rotatable bonds is 7. The predicted octanol–water partition coefficient (Wildman–Crippen LogP) is 5.37. The van der Waals surface area contributed by atoms with Crippen molar-refractivity contribution < 1.29 is 18.1 Å². The molecule has 0 aliphatic rings. The van der Waals surface area contributed by atoms with Gasteiger partial charge in [-0.3, -0.25) is 19.2 Å². The minimum atomic E-state index is -4.03. The van der Waals surface area contributed by atoms with Crippen LogP contribution in [0.15, 0.2) is 71.6 Å². The van der Waals surface area contributed by atoms with Crippen LogP contribution in [0.4, 0.5) is 17.1 Å². The summed E-state index contributed by atoms with van der Waals surface area (Å²) >= 11 is 12.2. The molecule has 11 heteroatoms. The van der Waals surface area contributed by atoms with Gasteiger partial charge >= 0.3 is 0 Å². The van der Waals surface area contributed by atoms with Crippen molar-refractivity contribution in [3.05, 3.63) is 92.5 Å². The second-order valence-corrected chi connectivity index (χ2v) is 9.17. The van der Waals surface area contributed by atoms with E-state index in [1.54, 1.807) is 37.3 Å². The summed E-state index contributed by atoms with van der Waals surface area (Å²) in [4.78, 5) is 22.6. The van der Waals surface area contributed by atoms with E-state index in [2.05, 4.69) is 5.32 Å². The maximum atomic E-state index is 13.3. The van der Waals surface area contributed by atoms with Crippen LogP contribution in [0.5, 0.6) is 0 Å². The summed E-state index contributed by atoms with van der Waals surface area (Å²) in [7, 11) is -4.03. The number of sulfonamides is 1. The Morgan fingerprint density at radius 2 is 1.72 bits per heavy atom. The van der Waals surface area contributed by atoms with E-state index < -0.39 is 20.9 Å². The molecule has 166 valence electrons. The van der Waals surface area contributed by atoms with E-state index in [1.807, 2.05) is 0 Å². The van der Waals surface area contributed by atoms with E-state index in [-0.39, 0.29) is 38.4 Å². The number of hydrogen-bond acceptors (Lipinski definition) is 5. The van der Waals surface area contributed by atoms with Gasteiger partial charge in [0.25, 0.3) is 21.6 Å². The van der Waals surface area contributed by atoms with Crippen LogP contribution in [-0.4, -0.2) is 25.8 Å². The van der Waals surface area contributed by atoms with Crippen LogP contribution in [0, 0.1) is 10.1 Å². The van der Waals surface area contributed by atoms with Crippen LogP contribution in [0.3, 0.4) is 0 Å². The number of carbonyl (C=O) groups excluding carboxylic acids is 1. The lowest BCUT2D eigenvalue weighted by atomic mass is 10.2. The fourth-order valence-corrected chi connectivity index (χ4v) is 5.22. The second-order valence-electron chi connectivity index (χ2n) is 6.53. The van der Waals surface area contributed by atoms with Gasteiger partial charge < -0.3 is 5.32 Å². The Morgan fingerprint density at radius 1 is 1.03 bits per heavy atom. The molecule has 0 bridgehead atoms. The Balaban J connectivity index is 1.93. The summed E-state index contributed by atoms with van der Waals surface area (Å²) in [5, 5.41) is 13.3. The van der Waals surface area contributed by atoms with Gasteiger partial charge in [0.2, 0.25) is 0 Å². The van der Waals surface area contributed by atoms with E-state index in [9.17, 15) is 23.3 Å². The van der Waals surface area contributed by atoms with Crippen molar-refractivity contribution in [2.45, 2.75) is 11.8 Å². The second kappa shape index (κ2) is 9.56. The molecule has 0 radical (unpaired) electrons. The third-order valence-electron chi connectivity index (χ3n) is 4.50. The molecule has 0 saturated heterocycles. The van der Waals surface area contributed by atoms with Gasteiger partial charge in [-0.2, -0.15) is 0 Å². The molecule has 0 heterocycles. The number of benzene rings is 3. The maximum absolute atomic E-state index is 13.3. The molecule has 0 aliphatic carbocycles. The molecule has 3 aromatic rings. The van der Waals surface area contributed by atoms with E-state index in [4.69, 9.17) is 23.2 Å². The molecule has 3 rings (SSSR count). The molecule has 1 N–H and O–H groups in total. The summed E-state index contributed by atoms with van der Waals surface area (Å²) in [6.07, 6.45) is 0. The van der Waals surface area contributed by atoms with Crippen LogP contribution in [0.1, 0.15) is 17.3 Å². The molecule has 0 fully saturated rings. The normalized spacial score (nSPS) is 11.1. The van der Waals surface area contributed by atoms with Crippen LogP contribution in [0.2, 0.25) is 10.0 Å². The molecule has 0 saturated carbocycles. The van der Waals surface area contributed by atoms with Crippen molar-refractivity contribution in [2.75, 3.05) is 16.2 Å². The molecular formula is C21H17Cl2N3O5S. The number of carbonyl (C=O) groups is 1. The molecule has 0 unspecified atom stereocenters. The molecular weight excluding hydrogens is 477 g/mol. The Bertz CT molecular complexity index is 1280. The number of amides is 1. The van der Waals surface area contributed by atoms with E-state index in [1.165, 1.54) is 28.6 Å². The van der Waals surface area contributed by atoms with Gasteiger partial charge in [0.05, 0.1) is 26.2 Å². The largest absolute Gasteiger partial charge is 0.322 e. The lowest BCUT2D eigenvalue weighted by molar-refractivity contribution is -0.384. The number of nitro groups is 1. The topological polar surface area (TPSA) is 110 Å². The Labute approximate surface area is 194 Å². The van der Waals surface area contributed by atoms with Crippen molar-refractivity contribution >= 4 is 56.2 Å². The third kappa shape index (κ3) is 4.85. The fourth-order valence-electron chi connectivity index (χ4n) is 2.98. The molecule has 8 nitrogen and oxygen atoms in total. The molecule has 0 spiro atoms. The highest BCUT2D eigenvalue weighted by Crippen LogP contribution is 2.31. The molecule has 0 aliphatic heterocycles. The minimum absolute atomic E-state index is 0.00362. The van der Waals surface area contributed by atoms with Crippen molar-refractivity contribution in [1.29, 1.82) is 0 Å². The SMILES string of the molecule is CCN(c1ccccc1)S(=O)(=O)c1cc(NC(=O)c2ccc([N+](=O)[O-])cc2Cl)ccc1Cl. The summed E-state index contributed by atoms with van der Waals surface area (Å²) in [5.41, 5.74) is 0.373. The van der Waals surface area contributed by atoms with Crippen molar-refractivity contribution in [3.63, 3.8) is 0 Å². The summed E-state index contributed by atoms with van der Waals surface area (Å²) in [5.74, 6) is -0.661. The summed E-state index contributed by atoms with van der Waals surface area (Å²) < 4.78 is 27.8. The number of halogens is 2. The monoisotopic (exact) mass is 493 g/mol. The molecule has 3 aromatic carbocycles. The van der Waals surface area contributed by atoms with Crippen LogP contribution in [-0.2, 0) is 10.0 Å². The number of anilines is 2. The zero-order valence-corrected chi connectivity index (χ0v) is 19.0. The average Bonchev–Trinajstić information content (AvgIpc) is 2.75. The summed E-state index contributed by atoms with van der Waals surface area (Å²) in [6, 6.07) is 16.0. The number of nitrogens with zero attached hydrogens (tertiary/aromatic N) is 2. The van der Waals surface area contributed by atoms with Gasteiger partial charge in [-0.1, -0.05) is 41.4 Å². The van der Waals surface area contributed by atoms with Gasteiger partial charge in [-0.15, -0.1) is 0 Å². The smallest absolute Gasteiger partial charge is 0.270 e. The lowest BCUT2D eigenvalue weighted by Gasteiger charge is -2.23. The zero-order valence-electron chi connectivity index (χ0n) is 16.7. The number of nitro benzene ring substituents is 1. The quantitative estimate of drug-likeness (QED) is 0.351. The average molecular weight is 494 g/mol. The zero-order chi connectivity index (χ0) is 23.5. The first-order valence-electron chi connectivity index (χ1n) is 9.27. The van der Waals surface area contributed by atoms with Crippen molar-refractivity contribution in [3.8, 4) is 0 Å². The van der Waals surface area contributed by atoms with Gasteiger partial charge in [0.15, 0.2) is 0 Å². The Morgan fingerprint density at radius 3 is 2.31 bits per heavy atom. The number of para-hydroxylation sites is 1. The number of nitrogens with one attached hydrogen (secondary N) is 1. The van der Waals surface area contributed by atoms with Crippen molar-refractivity contribution in [1.82, 2.24) is 0 Å². The van der Waals surface area contributed by atoms with Crippen molar-refractivity contribution in [2.24, 2.45) is 0 Å². The number of hydrogen-bond donors (Lipinski definition) is 1. The van der Waals surface area contributed by atoms with Crippen LogP contribution in [0.25, 0.3) is 0 Å². The van der Waals surface area contributed by atoms with Gasteiger partial charge in [-0.05, 0) is 43.3 Å². The maximum Gasteiger partial charge on any atom is 0.270 e. The Kier molecular flexibility index (Phi) is 7.02. The molecule has 1 amide bonds. The highest BCUT2D eigenvalue weighted by molar-refractivity contribution is 7.93. The van der Waals surface area contributed by atoms with Gasteiger partial charge in [0.1, 0.15) is 4.90 Å². The summed E-state index contributed by atoms with van der Waals surface area (Å²) in [6.45, 7) is 1.86. The third-order valence-corrected chi connectivity index (χ3v) is 7.19. The van der Waals surface area contributed by atoms with E-state index in [0.29, 0.717) is 5.69 Å².